The molecule has 0 spiro atoms. The smallest absolute Gasteiger partial charge is 0.329 e. The molecule has 1 aromatic rings. The summed E-state index contributed by atoms with van der Waals surface area (Å²) >= 11 is 0. The lowest BCUT2D eigenvalue weighted by atomic mass is 9.98. The van der Waals surface area contributed by atoms with Crippen LogP contribution in [-0.4, -0.2) is 59.6 Å². The molecule has 2 rings (SSSR count). The van der Waals surface area contributed by atoms with Crippen molar-refractivity contribution in [3.05, 3.63) is 23.8 Å². The Morgan fingerprint density at radius 3 is 2.59 bits per heavy atom. The molecule has 1 aliphatic rings. The van der Waals surface area contributed by atoms with Gasteiger partial charge in [0.05, 0.1) is 7.11 Å². The summed E-state index contributed by atoms with van der Waals surface area (Å²) in [5.41, 5.74) is -0.908. The number of ether oxygens (including phenoxy) is 2. The first-order valence-electron chi connectivity index (χ1n) is 8.84. The molecular weight excluding hydrogens is 352 g/mol. The van der Waals surface area contributed by atoms with E-state index in [9.17, 15) is 19.5 Å². The number of likely N-dealkylation sites (tertiary alicyclic amines) is 1. The first kappa shape index (κ1) is 20.5. The lowest BCUT2D eigenvalue weighted by Gasteiger charge is -2.31. The van der Waals surface area contributed by atoms with Gasteiger partial charge < -0.3 is 24.8 Å². The molecule has 1 aromatic carbocycles. The van der Waals surface area contributed by atoms with E-state index >= 15 is 0 Å². The van der Waals surface area contributed by atoms with Crippen molar-refractivity contribution in [3.8, 4) is 11.5 Å². The van der Waals surface area contributed by atoms with Crippen LogP contribution in [0.4, 0.5) is 0 Å². The maximum absolute atomic E-state index is 12.8. The van der Waals surface area contributed by atoms with E-state index in [0.29, 0.717) is 36.4 Å². The normalized spacial score (nSPS) is 19.1. The van der Waals surface area contributed by atoms with Crippen LogP contribution < -0.4 is 14.8 Å². The highest BCUT2D eigenvalue weighted by atomic mass is 16.5. The Bertz CT molecular complexity index is 733. The van der Waals surface area contributed by atoms with Crippen LogP contribution in [0.25, 0.3) is 0 Å². The Kier molecular flexibility index (Phi) is 6.30. The Balaban J connectivity index is 2.16. The van der Waals surface area contributed by atoms with Crippen LogP contribution in [0, 0.1) is 0 Å². The van der Waals surface area contributed by atoms with Gasteiger partial charge in [-0.1, -0.05) is 0 Å². The van der Waals surface area contributed by atoms with Crippen molar-refractivity contribution in [2.24, 2.45) is 0 Å². The van der Waals surface area contributed by atoms with E-state index in [4.69, 9.17) is 9.47 Å². The van der Waals surface area contributed by atoms with Gasteiger partial charge in [-0.25, -0.2) is 4.79 Å². The molecule has 1 heterocycles. The van der Waals surface area contributed by atoms with Gasteiger partial charge in [-0.2, -0.15) is 0 Å². The molecule has 148 valence electrons. The monoisotopic (exact) mass is 378 g/mol. The molecule has 0 radical (unpaired) electrons. The Labute approximate surface area is 158 Å². The van der Waals surface area contributed by atoms with Crippen molar-refractivity contribution < 1.29 is 29.0 Å². The maximum Gasteiger partial charge on any atom is 0.329 e. The van der Waals surface area contributed by atoms with Crippen LogP contribution in [0.15, 0.2) is 18.2 Å². The minimum atomic E-state index is -1.21. The summed E-state index contributed by atoms with van der Waals surface area (Å²) in [6.07, 6.45) is 1.05. The van der Waals surface area contributed by atoms with E-state index in [-0.39, 0.29) is 24.5 Å². The lowest BCUT2D eigenvalue weighted by molar-refractivity contribution is -0.147. The fourth-order valence-electron chi connectivity index (χ4n) is 3.09. The fourth-order valence-corrected chi connectivity index (χ4v) is 3.09. The molecule has 0 aromatic heterocycles. The predicted molar refractivity (Wildman–Crippen MR) is 98.1 cm³/mol. The number of hydrogen-bond acceptors (Lipinski definition) is 5. The van der Waals surface area contributed by atoms with Gasteiger partial charge in [-0.3, -0.25) is 9.59 Å². The number of aliphatic carboxylic acids is 1. The van der Waals surface area contributed by atoms with E-state index in [1.165, 1.54) is 18.1 Å². The van der Waals surface area contributed by atoms with Gasteiger partial charge in [0.2, 0.25) is 0 Å². The second-order valence-corrected chi connectivity index (χ2v) is 7.02. The summed E-state index contributed by atoms with van der Waals surface area (Å²) in [6.45, 7) is 5.47. The number of benzene rings is 1. The van der Waals surface area contributed by atoms with Crippen molar-refractivity contribution in [2.45, 2.75) is 45.2 Å². The van der Waals surface area contributed by atoms with Crippen LogP contribution in [0.3, 0.4) is 0 Å². The third-order valence-electron chi connectivity index (χ3n) is 4.57. The second-order valence-electron chi connectivity index (χ2n) is 7.02. The van der Waals surface area contributed by atoms with E-state index in [1.807, 2.05) is 13.8 Å². The quantitative estimate of drug-likeness (QED) is 0.748. The summed E-state index contributed by atoms with van der Waals surface area (Å²) < 4.78 is 10.7. The largest absolute Gasteiger partial charge is 0.493 e. The minimum absolute atomic E-state index is 0.00648. The minimum Gasteiger partial charge on any atom is -0.493 e. The first-order valence-corrected chi connectivity index (χ1v) is 8.84. The average Bonchev–Trinajstić information content (AvgIpc) is 3.01. The summed E-state index contributed by atoms with van der Waals surface area (Å²) in [4.78, 5) is 37.5. The standard InChI is InChI=1S/C19H26N2O6/c1-12(2)20-16(22)11-27-14-7-6-13(10-15(14)26-4)17(23)21-9-5-8-19(21,3)18(24)25/h6-7,10,12H,5,8-9,11H2,1-4H3,(H,20,22)(H,24,25). The molecule has 0 aliphatic carbocycles. The van der Waals surface area contributed by atoms with Crippen molar-refractivity contribution in [1.29, 1.82) is 0 Å². The molecule has 2 N–H and O–H groups in total. The summed E-state index contributed by atoms with van der Waals surface area (Å²) in [6, 6.07) is 4.59. The Morgan fingerprint density at radius 2 is 2.00 bits per heavy atom. The van der Waals surface area contributed by atoms with Gasteiger partial charge in [0.1, 0.15) is 5.54 Å². The van der Waals surface area contributed by atoms with E-state index in [1.54, 1.807) is 19.1 Å². The topological polar surface area (TPSA) is 105 Å². The zero-order valence-corrected chi connectivity index (χ0v) is 16.1. The lowest BCUT2D eigenvalue weighted by Crippen LogP contribution is -2.50. The molecule has 0 saturated carbocycles. The number of nitrogens with zero attached hydrogens (tertiary/aromatic N) is 1. The number of carboxylic acids is 1. The molecule has 1 fully saturated rings. The number of hydrogen-bond donors (Lipinski definition) is 2. The summed E-state index contributed by atoms with van der Waals surface area (Å²) in [5.74, 6) is -1.03. The van der Waals surface area contributed by atoms with E-state index < -0.39 is 11.5 Å². The van der Waals surface area contributed by atoms with Gasteiger partial charge in [0.25, 0.3) is 11.8 Å². The maximum atomic E-state index is 12.8. The number of rotatable bonds is 7. The summed E-state index contributed by atoms with van der Waals surface area (Å²) in [5, 5.41) is 12.2. The third kappa shape index (κ3) is 4.50. The van der Waals surface area contributed by atoms with Gasteiger partial charge in [-0.15, -0.1) is 0 Å². The average molecular weight is 378 g/mol. The number of amides is 2. The van der Waals surface area contributed by atoms with Crippen LogP contribution in [0.5, 0.6) is 11.5 Å². The highest BCUT2D eigenvalue weighted by molar-refractivity contribution is 5.98. The summed E-state index contributed by atoms with van der Waals surface area (Å²) in [7, 11) is 1.43. The van der Waals surface area contributed by atoms with Crippen molar-refractivity contribution in [3.63, 3.8) is 0 Å². The van der Waals surface area contributed by atoms with E-state index in [2.05, 4.69) is 5.32 Å². The number of methoxy groups -OCH3 is 1. The molecule has 1 saturated heterocycles. The van der Waals surface area contributed by atoms with E-state index in [0.717, 1.165) is 0 Å². The van der Waals surface area contributed by atoms with Crippen LogP contribution in [0.2, 0.25) is 0 Å². The molecular formula is C19H26N2O6. The number of carbonyl (C=O) groups is 3. The van der Waals surface area contributed by atoms with Crippen LogP contribution in [0.1, 0.15) is 44.0 Å². The molecule has 8 nitrogen and oxygen atoms in total. The highest BCUT2D eigenvalue weighted by Crippen LogP contribution is 2.33. The Hall–Kier alpha value is -2.77. The van der Waals surface area contributed by atoms with Crippen molar-refractivity contribution in [1.82, 2.24) is 10.2 Å². The van der Waals surface area contributed by atoms with Crippen molar-refractivity contribution >= 4 is 17.8 Å². The molecule has 8 heteroatoms. The molecule has 1 unspecified atom stereocenters. The van der Waals surface area contributed by atoms with Gasteiger partial charge in [0, 0.05) is 18.2 Å². The molecule has 1 atom stereocenters. The number of carbonyl (C=O) groups excluding carboxylic acids is 2. The Morgan fingerprint density at radius 1 is 1.30 bits per heavy atom. The molecule has 0 bridgehead atoms. The van der Waals surface area contributed by atoms with Gasteiger partial charge >= 0.3 is 5.97 Å². The zero-order valence-electron chi connectivity index (χ0n) is 16.1. The van der Waals surface area contributed by atoms with Crippen LogP contribution >= 0.6 is 0 Å². The molecule has 27 heavy (non-hydrogen) atoms. The number of carboxylic acid groups (broad SMARTS) is 1. The molecule has 1 aliphatic heterocycles. The first-order chi connectivity index (χ1) is 12.7. The fraction of sp³-hybridized carbons (Fsp3) is 0.526. The van der Waals surface area contributed by atoms with Crippen LogP contribution in [-0.2, 0) is 9.59 Å². The number of nitrogens with one attached hydrogen (secondary N) is 1. The molecule has 2 amide bonds. The van der Waals surface area contributed by atoms with Crippen molar-refractivity contribution in [2.75, 3.05) is 20.3 Å². The SMILES string of the molecule is COc1cc(C(=O)N2CCCC2(C)C(=O)O)ccc1OCC(=O)NC(C)C. The van der Waals surface area contributed by atoms with Gasteiger partial charge in [-0.05, 0) is 51.8 Å². The van der Waals surface area contributed by atoms with Gasteiger partial charge in [0.15, 0.2) is 18.1 Å². The third-order valence-corrected chi connectivity index (χ3v) is 4.57. The predicted octanol–water partition coefficient (Wildman–Crippen LogP) is 1.68. The second kappa shape index (κ2) is 8.28. The highest BCUT2D eigenvalue weighted by Gasteiger charge is 2.46. The zero-order chi connectivity index (χ0) is 20.2.